The van der Waals surface area contributed by atoms with Crippen molar-refractivity contribution >= 4 is 34.1 Å². The molecule has 114 valence electrons. The highest BCUT2D eigenvalue weighted by Gasteiger charge is 2.27. The Morgan fingerprint density at radius 2 is 2.00 bits per heavy atom. The lowest BCUT2D eigenvalue weighted by Gasteiger charge is -2.18. The lowest BCUT2D eigenvalue weighted by Crippen LogP contribution is -2.29. The minimum Gasteiger partial charge on any atom is -0.308 e. The van der Waals surface area contributed by atoms with Gasteiger partial charge in [-0.25, -0.2) is 9.37 Å². The van der Waals surface area contributed by atoms with Crippen LogP contribution in [0.1, 0.15) is 15.9 Å². The van der Waals surface area contributed by atoms with Crippen molar-refractivity contribution in [3.8, 4) is 0 Å². The number of carbonyl (C=O) groups excluding carboxylic acids is 1. The fourth-order valence-corrected chi connectivity index (χ4v) is 3.19. The molecule has 23 heavy (non-hydrogen) atoms. The summed E-state index contributed by atoms with van der Waals surface area (Å²) in [6.45, 7) is 0.621. The predicted molar refractivity (Wildman–Crippen MR) is 88.5 cm³/mol. The summed E-state index contributed by atoms with van der Waals surface area (Å²) in [5, 5.41) is 0.782. The molecule has 1 aliphatic heterocycles. The summed E-state index contributed by atoms with van der Waals surface area (Å²) in [4.78, 5) is 18.7. The van der Waals surface area contributed by atoms with Crippen LogP contribution in [0.2, 0.25) is 5.15 Å². The van der Waals surface area contributed by atoms with Gasteiger partial charge >= 0.3 is 0 Å². The molecule has 0 fully saturated rings. The molecule has 3 nitrogen and oxygen atoms in total. The number of hydrogen-bond acceptors (Lipinski definition) is 2. The summed E-state index contributed by atoms with van der Waals surface area (Å²) in [6, 6.07) is 13.7. The molecule has 1 amide bonds. The predicted octanol–water partition coefficient (Wildman–Crippen LogP) is 4.23. The molecule has 1 aromatic heterocycles. The Kier molecular flexibility index (Phi) is 3.27. The van der Waals surface area contributed by atoms with Crippen molar-refractivity contribution in [1.29, 1.82) is 0 Å². The number of para-hydroxylation sites is 1. The summed E-state index contributed by atoms with van der Waals surface area (Å²) in [5.41, 5.74) is 2.83. The van der Waals surface area contributed by atoms with Crippen molar-refractivity contribution in [2.24, 2.45) is 0 Å². The molecule has 3 aromatic rings. The van der Waals surface area contributed by atoms with Gasteiger partial charge in [0.2, 0.25) is 0 Å². The molecular formula is C18H12ClFN2O. The third-order valence-corrected chi connectivity index (χ3v) is 4.38. The van der Waals surface area contributed by atoms with Gasteiger partial charge in [-0.05, 0) is 36.2 Å². The Bertz CT molecular complexity index is 941. The maximum atomic E-state index is 13.3. The van der Waals surface area contributed by atoms with E-state index < -0.39 is 0 Å². The number of benzene rings is 2. The number of pyridine rings is 1. The van der Waals surface area contributed by atoms with Crippen molar-refractivity contribution < 1.29 is 9.18 Å². The number of nitrogens with zero attached hydrogens (tertiary/aromatic N) is 2. The number of fused-ring (bicyclic) bond motifs is 2. The number of carbonyl (C=O) groups is 1. The Morgan fingerprint density at radius 3 is 2.87 bits per heavy atom. The van der Waals surface area contributed by atoms with Crippen LogP contribution < -0.4 is 4.90 Å². The summed E-state index contributed by atoms with van der Waals surface area (Å²) in [5.74, 6) is -0.563. The van der Waals surface area contributed by atoms with Gasteiger partial charge in [0.05, 0.1) is 11.1 Å². The second kappa shape index (κ2) is 5.32. The van der Waals surface area contributed by atoms with Crippen LogP contribution in [-0.2, 0) is 6.42 Å². The molecule has 0 bridgehead atoms. The molecule has 0 radical (unpaired) electrons. The van der Waals surface area contributed by atoms with Crippen LogP contribution in [0.4, 0.5) is 10.1 Å². The quantitative estimate of drug-likeness (QED) is 0.627. The van der Waals surface area contributed by atoms with Crippen molar-refractivity contribution in [2.75, 3.05) is 11.4 Å². The van der Waals surface area contributed by atoms with Gasteiger partial charge in [0.25, 0.3) is 5.91 Å². The van der Waals surface area contributed by atoms with Gasteiger partial charge in [0, 0.05) is 23.7 Å². The van der Waals surface area contributed by atoms with Crippen LogP contribution in [0.15, 0.2) is 48.5 Å². The van der Waals surface area contributed by atoms with E-state index in [9.17, 15) is 9.18 Å². The third-order valence-electron chi connectivity index (χ3n) is 4.10. The molecule has 4 rings (SSSR count). The Labute approximate surface area is 137 Å². The van der Waals surface area contributed by atoms with Crippen LogP contribution in [0, 0.1) is 5.82 Å². The summed E-state index contributed by atoms with van der Waals surface area (Å²) < 4.78 is 13.3. The van der Waals surface area contributed by atoms with E-state index in [0.717, 1.165) is 17.7 Å². The fourth-order valence-electron chi connectivity index (χ4n) is 2.96. The largest absolute Gasteiger partial charge is 0.308 e. The Balaban J connectivity index is 1.79. The van der Waals surface area contributed by atoms with Crippen LogP contribution in [0.25, 0.3) is 10.9 Å². The molecule has 0 spiro atoms. The second-order valence-electron chi connectivity index (χ2n) is 5.50. The average molecular weight is 327 g/mol. The monoisotopic (exact) mass is 326 g/mol. The summed E-state index contributed by atoms with van der Waals surface area (Å²) in [6.07, 6.45) is 0.825. The van der Waals surface area contributed by atoms with E-state index in [1.165, 1.54) is 12.1 Å². The van der Waals surface area contributed by atoms with Gasteiger partial charge < -0.3 is 4.90 Å². The first kappa shape index (κ1) is 14.2. The van der Waals surface area contributed by atoms with Gasteiger partial charge in [0.1, 0.15) is 11.0 Å². The molecule has 5 heteroatoms. The highest BCUT2D eigenvalue weighted by atomic mass is 35.5. The van der Waals surface area contributed by atoms with Crippen molar-refractivity contribution in [1.82, 2.24) is 4.98 Å². The van der Waals surface area contributed by atoms with E-state index in [1.54, 1.807) is 17.0 Å². The maximum Gasteiger partial charge on any atom is 0.261 e. The van der Waals surface area contributed by atoms with Gasteiger partial charge in [-0.3, -0.25) is 4.79 Å². The summed E-state index contributed by atoms with van der Waals surface area (Å²) in [7, 11) is 0. The molecule has 0 saturated heterocycles. The fraction of sp³-hybridized carbons (Fsp3) is 0.111. The molecule has 2 aromatic carbocycles. The Morgan fingerprint density at radius 1 is 1.17 bits per heavy atom. The van der Waals surface area contributed by atoms with Gasteiger partial charge in [-0.15, -0.1) is 0 Å². The standard InChI is InChI=1S/C18H12ClFN2O/c19-17-14(9-12-5-6-13(20)10-15(12)21-17)18(23)22-8-7-11-3-1-2-4-16(11)22/h1-6,9-10H,7-8H2. The van der Waals surface area contributed by atoms with Crippen LogP contribution >= 0.6 is 11.6 Å². The minimum absolute atomic E-state index is 0.0949. The SMILES string of the molecule is O=C(c1cc2ccc(F)cc2nc1Cl)N1CCc2ccccc21. The van der Waals surface area contributed by atoms with E-state index in [0.29, 0.717) is 23.0 Å². The molecular weight excluding hydrogens is 315 g/mol. The zero-order valence-electron chi connectivity index (χ0n) is 12.1. The first-order valence-corrected chi connectivity index (χ1v) is 7.67. The van der Waals surface area contributed by atoms with Crippen molar-refractivity contribution in [3.63, 3.8) is 0 Å². The first-order chi connectivity index (χ1) is 11.1. The number of amides is 1. The molecule has 0 saturated carbocycles. The zero-order valence-corrected chi connectivity index (χ0v) is 12.8. The number of aromatic nitrogens is 1. The lowest BCUT2D eigenvalue weighted by molar-refractivity contribution is 0.0989. The van der Waals surface area contributed by atoms with Crippen LogP contribution in [0.5, 0.6) is 0 Å². The molecule has 0 atom stereocenters. The molecule has 0 N–H and O–H groups in total. The topological polar surface area (TPSA) is 33.2 Å². The van der Waals surface area contributed by atoms with Gasteiger partial charge in [-0.1, -0.05) is 29.8 Å². The second-order valence-corrected chi connectivity index (χ2v) is 5.86. The average Bonchev–Trinajstić information content (AvgIpc) is 2.97. The smallest absolute Gasteiger partial charge is 0.261 e. The highest BCUT2D eigenvalue weighted by molar-refractivity contribution is 6.34. The number of anilines is 1. The number of hydrogen-bond donors (Lipinski definition) is 0. The highest BCUT2D eigenvalue weighted by Crippen LogP contribution is 2.31. The van der Waals surface area contributed by atoms with E-state index in [1.807, 2.05) is 24.3 Å². The zero-order chi connectivity index (χ0) is 16.0. The first-order valence-electron chi connectivity index (χ1n) is 7.29. The van der Waals surface area contributed by atoms with Gasteiger partial charge in [0.15, 0.2) is 0 Å². The van der Waals surface area contributed by atoms with Crippen LogP contribution in [-0.4, -0.2) is 17.4 Å². The third kappa shape index (κ3) is 2.35. The maximum absolute atomic E-state index is 13.3. The normalized spacial score (nSPS) is 13.4. The molecule has 0 unspecified atom stereocenters. The summed E-state index contributed by atoms with van der Waals surface area (Å²) >= 11 is 6.17. The molecule has 1 aliphatic rings. The Hall–Kier alpha value is -2.46. The van der Waals surface area contributed by atoms with Crippen molar-refractivity contribution in [2.45, 2.75) is 6.42 Å². The van der Waals surface area contributed by atoms with Crippen molar-refractivity contribution in [3.05, 3.63) is 70.6 Å². The van der Waals surface area contributed by atoms with E-state index >= 15 is 0 Å². The number of halogens is 2. The lowest BCUT2D eigenvalue weighted by atomic mass is 10.1. The molecule has 0 aliphatic carbocycles. The van der Waals surface area contributed by atoms with E-state index in [2.05, 4.69) is 4.98 Å². The van der Waals surface area contributed by atoms with E-state index in [-0.39, 0.29) is 16.9 Å². The van der Waals surface area contributed by atoms with Crippen LogP contribution in [0.3, 0.4) is 0 Å². The number of rotatable bonds is 1. The van der Waals surface area contributed by atoms with E-state index in [4.69, 9.17) is 11.6 Å². The molecule has 2 heterocycles. The van der Waals surface area contributed by atoms with Gasteiger partial charge in [-0.2, -0.15) is 0 Å². The minimum atomic E-state index is -0.381.